The zero-order valence-corrected chi connectivity index (χ0v) is 9.69. The molecule has 0 aromatic carbocycles. The van der Waals surface area contributed by atoms with E-state index in [1.165, 1.54) is 0 Å². The minimum atomic E-state index is 0. The van der Waals surface area contributed by atoms with Crippen LogP contribution in [-0.4, -0.2) is 13.1 Å². The Labute approximate surface area is 106 Å². The molecular weight excluding hydrogens is 114 g/mol. The van der Waals surface area contributed by atoms with Crippen molar-refractivity contribution >= 4 is 0 Å². The molecule has 0 heterocycles. The maximum Gasteiger partial charge on any atom is 1.00 e. The Kier molecular flexibility index (Phi) is 41.3. The third kappa shape index (κ3) is 16.0. The molecule has 0 aromatic rings. The average Bonchev–Trinajstić information content (AvgIpc) is 1.37. The molecule has 0 aliphatic rings. The fraction of sp³-hybridized carbons (Fsp3) is 1.00. The first-order valence-electron chi connectivity index (χ1n) is 1.32. The van der Waals surface area contributed by atoms with Crippen LogP contribution in [0.25, 0.3) is 0 Å². The van der Waals surface area contributed by atoms with Gasteiger partial charge in [-0.25, -0.2) is 0 Å². The number of hydrogen-bond acceptors (Lipinski definition) is 2. The predicted octanol–water partition coefficient (Wildman–Crippen LogP) is -6.86. The first-order chi connectivity index (χ1) is 1.91. The molecule has 0 spiro atoms. The third-order valence-electron chi connectivity index (χ3n) is 0.167. The number of hydrogen-bond donors (Lipinski definition) is 2. The van der Waals surface area contributed by atoms with Gasteiger partial charge in [-0.2, -0.15) is 0 Å². The molecule has 0 amide bonds. The minimum Gasteiger partial charge on any atom is -1.00 e. The molecule has 0 bridgehead atoms. The molecule has 0 saturated heterocycles. The molecule has 0 aliphatic carbocycles. The summed E-state index contributed by atoms with van der Waals surface area (Å²) in [5.74, 6) is 0. The summed E-state index contributed by atoms with van der Waals surface area (Å²) in [5.41, 5.74) is 9.81. The molecular formula is C2H10KN2Na. The fourth-order valence-electron chi connectivity index (χ4n) is 0. The van der Waals surface area contributed by atoms with E-state index < -0.39 is 0 Å². The fourth-order valence-corrected chi connectivity index (χ4v) is 0. The maximum atomic E-state index is 4.90. The molecule has 2 nitrogen and oxygen atoms in total. The monoisotopic (exact) mass is 124 g/mol. The van der Waals surface area contributed by atoms with Crippen LogP contribution in [0.4, 0.5) is 0 Å². The molecule has 0 rings (SSSR count). The van der Waals surface area contributed by atoms with E-state index in [1.807, 2.05) is 0 Å². The van der Waals surface area contributed by atoms with E-state index in [0.29, 0.717) is 13.1 Å². The van der Waals surface area contributed by atoms with Gasteiger partial charge in [0.05, 0.1) is 0 Å². The van der Waals surface area contributed by atoms with Crippen LogP contribution in [0, 0.1) is 0 Å². The number of nitrogens with two attached hydrogens (primary N) is 2. The standard InChI is InChI=1S/C2H8N2.K.Na.2H/c3-1-2-4;;;;/h1-4H2;;;;/q;2*+1;2*-1. The Morgan fingerprint density at radius 1 is 1.17 bits per heavy atom. The Bertz CT molecular complexity index is 20.0. The molecule has 0 saturated carbocycles. The van der Waals surface area contributed by atoms with Crippen LogP contribution in [0.5, 0.6) is 0 Å². The van der Waals surface area contributed by atoms with E-state index in [9.17, 15) is 0 Å². The van der Waals surface area contributed by atoms with E-state index in [0.717, 1.165) is 0 Å². The van der Waals surface area contributed by atoms with Crippen LogP contribution >= 0.6 is 0 Å². The molecule has 6 heavy (non-hydrogen) atoms. The summed E-state index contributed by atoms with van der Waals surface area (Å²) < 4.78 is 0. The Morgan fingerprint density at radius 2 is 1.33 bits per heavy atom. The molecule has 0 aromatic heterocycles. The van der Waals surface area contributed by atoms with Gasteiger partial charge in [-0.15, -0.1) is 0 Å². The van der Waals surface area contributed by atoms with Crippen LogP contribution in [-0.2, 0) is 0 Å². The normalized spacial score (nSPS) is 5.00. The Balaban J connectivity index is -0.00000000750. The van der Waals surface area contributed by atoms with Crippen molar-refractivity contribution in [3.05, 3.63) is 0 Å². The minimum absolute atomic E-state index is 0. The summed E-state index contributed by atoms with van der Waals surface area (Å²) in [4.78, 5) is 0. The van der Waals surface area contributed by atoms with Crippen molar-refractivity contribution in [3.8, 4) is 0 Å². The van der Waals surface area contributed by atoms with Gasteiger partial charge in [0, 0.05) is 13.1 Å². The van der Waals surface area contributed by atoms with Crippen LogP contribution < -0.4 is 92.4 Å². The summed E-state index contributed by atoms with van der Waals surface area (Å²) in [7, 11) is 0. The van der Waals surface area contributed by atoms with Crippen molar-refractivity contribution in [1.82, 2.24) is 0 Å². The predicted molar refractivity (Wildman–Crippen MR) is 20.3 cm³/mol. The second-order valence-electron chi connectivity index (χ2n) is 0.577. The van der Waals surface area contributed by atoms with Gasteiger partial charge >= 0.3 is 80.9 Å². The first-order valence-corrected chi connectivity index (χ1v) is 1.32. The molecule has 0 fully saturated rings. The molecule has 0 unspecified atom stereocenters. The molecule has 4 N–H and O–H groups in total. The van der Waals surface area contributed by atoms with Crippen molar-refractivity contribution in [1.29, 1.82) is 0 Å². The van der Waals surface area contributed by atoms with Crippen LogP contribution in [0.3, 0.4) is 0 Å². The largest absolute Gasteiger partial charge is 1.00 e. The van der Waals surface area contributed by atoms with Crippen molar-refractivity contribution < 1.29 is 83.8 Å². The second kappa shape index (κ2) is 15.6. The third-order valence-corrected chi connectivity index (χ3v) is 0.167. The molecule has 0 aliphatic heterocycles. The van der Waals surface area contributed by atoms with Crippen molar-refractivity contribution in [2.24, 2.45) is 11.5 Å². The Hall–Kier alpha value is 2.56. The van der Waals surface area contributed by atoms with Gasteiger partial charge in [-0.1, -0.05) is 0 Å². The van der Waals surface area contributed by atoms with Gasteiger partial charge in [0.15, 0.2) is 0 Å². The quantitative estimate of drug-likeness (QED) is 0.341. The zero-order chi connectivity index (χ0) is 3.41. The summed E-state index contributed by atoms with van der Waals surface area (Å²) >= 11 is 0. The van der Waals surface area contributed by atoms with Gasteiger partial charge in [0.1, 0.15) is 0 Å². The van der Waals surface area contributed by atoms with E-state index in [-0.39, 0.29) is 83.8 Å². The summed E-state index contributed by atoms with van der Waals surface area (Å²) in [6, 6.07) is 0. The summed E-state index contributed by atoms with van der Waals surface area (Å²) in [6.45, 7) is 1.19. The molecule has 0 radical (unpaired) electrons. The van der Waals surface area contributed by atoms with Crippen LogP contribution in [0.15, 0.2) is 0 Å². The number of rotatable bonds is 1. The Morgan fingerprint density at radius 3 is 1.33 bits per heavy atom. The van der Waals surface area contributed by atoms with Crippen LogP contribution in [0.1, 0.15) is 2.85 Å². The molecule has 0 atom stereocenters. The van der Waals surface area contributed by atoms with E-state index in [1.54, 1.807) is 0 Å². The van der Waals surface area contributed by atoms with Crippen molar-refractivity contribution in [2.75, 3.05) is 13.1 Å². The average molecular weight is 124 g/mol. The van der Waals surface area contributed by atoms with E-state index in [2.05, 4.69) is 0 Å². The van der Waals surface area contributed by atoms with Gasteiger partial charge in [-0.3, -0.25) is 0 Å². The van der Waals surface area contributed by atoms with Gasteiger partial charge in [-0.05, 0) is 0 Å². The molecule has 30 valence electrons. The summed E-state index contributed by atoms with van der Waals surface area (Å²) in [5, 5.41) is 0. The smallest absolute Gasteiger partial charge is 1.00 e. The van der Waals surface area contributed by atoms with Crippen molar-refractivity contribution in [3.63, 3.8) is 0 Å². The maximum absolute atomic E-state index is 4.90. The van der Waals surface area contributed by atoms with Crippen molar-refractivity contribution in [2.45, 2.75) is 0 Å². The van der Waals surface area contributed by atoms with Gasteiger partial charge in [0.2, 0.25) is 0 Å². The molecule has 4 heteroatoms. The summed E-state index contributed by atoms with van der Waals surface area (Å²) in [6.07, 6.45) is 0. The van der Waals surface area contributed by atoms with Gasteiger partial charge in [0.25, 0.3) is 0 Å². The van der Waals surface area contributed by atoms with E-state index in [4.69, 9.17) is 11.5 Å². The SMILES string of the molecule is NCCN.[H-].[H-].[K+].[Na+]. The topological polar surface area (TPSA) is 52.0 Å². The first kappa shape index (κ1) is 15.8. The van der Waals surface area contributed by atoms with Crippen LogP contribution in [0.2, 0.25) is 0 Å². The zero-order valence-electron chi connectivity index (χ0n) is 6.57. The second-order valence-corrected chi connectivity index (χ2v) is 0.577. The van der Waals surface area contributed by atoms with Gasteiger partial charge < -0.3 is 14.3 Å². The van der Waals surface area contributed by atoms with E-state index >= 15 is 0 Å².